The van der Waals surface area contributed by atoms with E-state index in [0.717, 1.165) is 32.1 Å². The first-order valence-corrected chi connectivity index (χ1v) is 7.72. The van der Waals surface area contributed by atoms with Crippen LogP contribution < -0.4 is 5.32 Å². The van der Waals surface area contributed by atoms with Gasteiger partial charge in [-0.25, -0.2) is 4.79 Å². The molecular formula is C15H25NO4. The smallest absolute Gasteiger partial charge is 0.329 e. The quantitative estimate of drug-likeness (QED) is 0.810. The number of nitrogens with one attached hydrogen (secondary N) is 1. The molecule has 1 atom stereocenters. The molecule has 1 aliphatic carbocycles. The molecule has 2 N–H and O–H groups in total. The SMILES string of the molecule is CCC1CCC(NC(=O)CC2CCCO2)(C(=O)O)CC1. The van der Waals surface area contributed by atoms with Crippen molar-refractivity contribution < 1.29 is 19.4 Å². The van der Waals surface area contributed by atoms with Crippen molar-refractivity contribution in [1.82, 2.24) is 5.32 Å². The van der Waals surface area contributed by atoms with E-state index >= 15 is 0 Å². The molecule has 1 saturated carbocycles. The summed E-state index contributed by atoms with van der Waals surface area (Å²) in [5, 5.41) is 12.3. The lowest BCUT2D eigenvalue weighted by Crippen LogP contribution is -2.56. The largest absolute Gasteiger partial charge is 0.480 e. The molecule has 0 aromatic rings. The van der Waals surface area contributed by atoms with Gasteiger partial charge in [-0.05, 0) is 44.4 Å². The van der Waals surface area contributed by atoms with E-state index in [0.29, 0.717) is 25.4 Å². The molecule has 1 saturated heterocycles. The Balaban J connectivity index is 1.91. The first-order valence-electron chi connectivity index (χ1n) is 7.72. The zero-order valence-electron chi connectivity index (χ0n) is 12.2. The first-order chi connectivity index (χ1) is 9.55. The third-order valence-corrected chi connectivity index (χ3v) is 4.76. The van der Waals surface area contributed by atoms with E-state index < -0.39 is 11.5 Å². The van der Waals surface area contributed by atoms with Crippen LogP contribution in [0.3, 0.4) is 0 Å². The number of carbonyl (C=O) groups is 2. The topological polar surface area (TPSA) is 75.6 Å². The number of amides is 1. The summed E-state index contributed by atoms with van der Waals surface area (Å²) < 4.78 is 5.43. The molecule has 5 nitrogen and oxygen atoms in total. The predicted octanol–water partition coefficient (Wildman–Crippen LogP) is 2.10. The van der Waals surface area contributed by atoms with Crippen LogP contribution in [0.5, 0.6) is 0 Å². The van der Waals surface area contributed by atoms with Gasteiger partial charge in [0.2, 0.25) is 5.91 Å². The Morgan fingerprint density at radius 1 is 1.30 bits per heavy atom. The van der Waals surface area contributed by atoms with E-state index in [1.165, 1.54) is 0 Å². The predicted molar refractivity (Wildman–Crippen MR) is 74.3 cm³/mol. The summed E-state index contributed by atoms with van der Waals surface area (Å²) in [5.41, 5.74) is -1.05. The van der Waals surface area contributed by atoms with Gasteiger partial charge < -0.3 is 15.2 Å². The van der Waals surface area contributed by atoms with Gasteiger partial charge in [0.1, 0.15) is 5.54 Å². The van der Waals surface area contributed by atoms with Gasteiger partial charge >= 0.3 is 5.97 Å². The number of carbonyl (C=O) groups excluding carboxylic acids is 1. The average Bonchev–Trinajstić information content (AvgIpc) is 2.92. The van der Waals surface area contributed by atoms with Crippen LogP contribution in [0.25, 0.3) is 0 Å². The van der Waals surface area contributed by atoms with E-state index in [2.05, 4.69) is 12.2 Å². The van der Waals surface area contributed by atoms with Gasteiger partial charge in [0, 0.05) is 6.61 Å². The molecule has 1 aliphatic heterocycles. The number of carboxylic acid groups (broad SMARTS) is 1. The van der Waals surface area contributed by atoms with Crippen molar-refractivity contribution in [2.45, 2.75) is 69.9 Å². The second kappa shape index (κ2) is 6.57. The number of rotatable bonds is 5. The Hall–Kier alpha value is -1.10. The zero-order valence-corrected chi connectivity index (χ0v) is 12.2. The summed E-state index contributed by atoms with van der Waals surface area (Å²) in [6.45, 7) is 2.84. The van der Waals surface area contributed by atoms with E-state index in [9.17, 15) is 14.7 Å². The second-order valence-electron chi connectivity index (χ2n) is 6.13. The number of aliphatic carboxylic acids is 1. The van der Waals surface area contributed by atoms with Crippen LogP contribution in [0, 0.1) is 5.92 Å². The molecule has 0 spiro atoms. The average molecular weight is 283 g/mol. The van der Waals surface area contributed by atoms with E-state index in [4.69, 9.17) is 4.74 Å². The summed E-state index contributed by atoms with van der Waals surface area (Å²) in [4.78, 5) is 23.7. The van der Waals surface area contributed by atoms with Crippen molar-refractivity contribution in [2.24, 2.45) is 5.92 Å². The third kappa shape index (κ3) is 3.51. The molecule has 0 bridgehead atoms. The van der Waals surface area contributed by atoms with Crippen LogP contribution in [-0.4, -0.2) is 35.2 Å². The van der Waals surface area contributed by atoms with Gasteiger partial charge in [-0.3, -0.25) is 4.79 Å². The van der Waals surface area contributed by atoms with E-state index in [-0.39, 0.29) is 18.4 Å². The molecule has 2 rings (SSSR count). The van der Waals surface area contributed by atoms with Crippen molar-refractivity contribution in [1.29, 1.82) is 0 Å². The van der Waals surface area contributed by atoms with Crippen molar-refractivity contribution >= 4 is 11.9 Å². The van der Waals surface area contributed by atoms with Crippen molar-refractivity contribution in [3.05, 3.63) is 0 Å². The minimum Gasteiger partial charge on any atom is -0.480 e. The van der Waals surface area contributed by atoms with Crippen LogP contribution >= 0.6 is 0 Å². The molecule has 114 valence electrons. The first kappa shape index (κ1) is 15.3. The van der Waals surface area contributed by atoms with Gasteiger partial charge in [-0.2, -0.15) is 0 Å². The number of carboxylic acids is 1. The highest BCUT2D eigenvalue weighted by Gasteiger charge is 2.43. The normalized spacial score (nSPS) is 33.9. The van der Waals surface area contributed by atoms with Crippen LogP contribution in [0.1, 0.15) is 58.3 Å². The van der Waals surface area contributed by atoms with Crippen LogP contribution in [0.15, 0.2) is 0 Å². The fourth-order valence-corrected chi connectivity index (χ4v) is 3.30. The molecule has 0 aromatic heterocycles. The molecular weight excluding hydrogens is 258 g/mol. The van der Waals surface area contributed by atoms with Crippen LogP contribution in [0.2, 0.25) is 0 Å². The molecule has 1 amide bonds. The van der Waals surface area contributed by atoms with Crippen molar-refractivity contribution in [3.63, 3.8) is 0 Å². The molecule has 1 heterocycles. The monoisotopic (exact) mass is 283 g/mol. The molecule has 1 unspecified atom stereocenters. The maximum Gasteiger partial charge on any atom is 0.329 e. The van der Waals surface area contributed by atoms with Crippen molar-refractivity contribution in [2.75, 3.05) is 6.61 Å². The molecule has 20 heavy (non-hydrogen) atoms. The Morgan fingerprint density at radius 2 is 2.00 bits per heavy atom. The molecule has 2 fully saturated rings. The van der Waals surface area contributed by atoms with Crippen LogP contribution in [-0.2, 0) is 14.3 Å². The van der Waals surface area contributed by atoms with E-state index in [1.807, 2.05) is 0 Å². The summed E-state index contributed by atoms with van der Waals surface area (Å²) in [6.07, 6.45) is 6.05. The second-order valence-corrected chi connectivity index (χ2v) is 6.13. The minimum absolute atomic E-state index is 0.0344. The Kier molecular flexibility index (Phi) is 5.02. The molecule has 0 radical (unpaired) electrons. The Bertz CT molecular complexity index is 355. The van der Waals surface area contributed by atoms with Gasteiger partial charge in [0.25, 0.3) is 0 Å². The highest BCUT2D eigenvalue weighted by Crippen LogP contribution is 2.34. The Labute approximate surface area is 120 Å². The fourth-order valence-electron chi connectivity index (χ4n) is 3.30. The summed E-state index contributed by atoms with van der Waals surface area (Å²) in [5.74, 6) is -0.487. The number of hydrogen-bond acceptors (Lipinski definition) is 3. The highest BCUT2D eigenvalue weighted by molar-refractivity contribution is 5.87. The Morgan fingerprint density at radius 3 is 2.50 bits per heavy atom. The molecule has 2 aliphatic rings. The fraction of sp³-hybridized carbons (Fsp3) is 0.867. The lowest BCUT2D eigenvalue weighted by atomic mass is 9.75. The van der Waals surface area contributed by atoms with Gasteiger partial charge in [0.15, 0.2) is 0 Å². The third-order valence-electron chi connectivity index (χ3n) is 4.76. The summed E-state index contributed by atoms with van der Waals surface area (Å²) >= 11 is 0. The standard InChI is InChI=1S/C15H25NO4/c1-2-11-5-7-15(8-6-11,14(18)19)16-13(17)10-12-4-3-9-20-12/h11-12H,2-10H2,1H3,(H,16,17)(H,18,19). The van der Waals surface area contributed by atoms with Gasteiger partial charge in [-0.1, -0.05) is 13.3 Å². The van der Waals surface area contributed by atoms with Gasteiger partial charge in [-0.15, -0.1) is 0 Å². The number of ether oxygens (including phenoxy) is 1. The minimum atomic E-state index is -1.05. The maximum absolute atomic E-state index is 12.1. The number of hydrogen-bond donors (Lipinski definition) is 2. The lowest BCUT2D eigenvalue weighted by Gasteiger charge is -2.37. The van der Waals surface area contributed by atoms with Gasteiger partial charge in [0.05, 0.1) is 12.5 Å². The van der Waals surface area contributed by atoms with Crippen molar-refractivity contribution in [3.8, 4) is 0 Å². The molecule has 0 aromatic carbocycles. The van der Waals surface area contributed by atoms with Crippen LogP contribution in [0.4, 0.5) is 0 Å². The zero-order chi connectivity index (χ0) is 14.6. The summed E-state index contributed by atoms with van der Waals surface area (Å²) in [6, 6.07) is 0. The van der Waals surface area contributed by atoms with E-state index in [1.54, 1.807) is 0 Å². The highest BCUT2D eigenvalue weighted by atomic mass is 16.5. The summed E-state index contributed by atoms with van der Waals surface area (Å²) in [7, 11) is 0. The lowest BCUT2D eigenvalue weighted by molar-refractivity contribution is -0.150. The maximum atomic E-state index is 12.1. The molecule has 5 heteroatoms.